The van der Waals surface area contributed by atoms with Gasteiger partial charge in [-0.15, -0.1) is 0 Å². The van der Waals surface area contributed by atoms with Crippen LogP contribution in [-0.2, 0) is 9.42 Å². The molecular weight excluding hydrogens is 295 g/mol. The average molecular weight is 318 g/mol. The lowest BCUT2D eigenvalue weighted by molar-refractivity contribution is -0.107. The number of aldehydes is 1. The van der Waals surface area contributed by atoms with E-state index in [-0.39, 0.29) is 0 Å². The Hall–Kier alpha value is -1.77. The lowest BCUT2D eigenvalue weighted by atomic mass is 10.1. The zero-order valence-electron chi connectivity index (χ0n) is 13.3. The summed E-state index contributed by atoms with van der Waals surface area (Å²) in [7, 11) is -1.69. The summed E-state index contributed by atoms with van der Waals surface area (Å²) in [5.74, 6) is 4.40. The highest BCUT2D eigenvalue weighted by atomic mass is 31.2. The first-order valence-electron chi connectivity index (χ1n) is 7.42. The van der Waals surface area contributed by atoms with Crippen molar-refractivity contribution in [2.24, 2.45) is 0 Å². The summed E-state index contributed by atoms with van der Waals surface area (Å²) < 4.78 is 5.90. The van der Waals surface area contributed by atoms with Crippen LogP contribution in [0.25, 0.3) is 5.57 Å². The summed E-state index contributed by atoms with van der Waals surface area (Å²) in [5.41, 5.74) is 7.77. The summed E-state index contributed by atoms with van der Waals surface area (Å²) in [5, 5.41) is 3.41. The molecule has 0 radical (unpaired) electrons. The normalized spacial score (nSPS) is 22.3. The van der Waals surface area contributed by atoms with Crippen LogP contribution < -0.4 is 10.8 Å². The molecule has 3 rings (SSSR count). The van der Waals surface area contributed by atoms with E-state index in [1.54, 1.807) is 0 Å². The summed E-state index contributed by atoms with van der Waals surface area (Å²) in [6, 6.07) is 8.36. The van der Waals surface area contributed by atoms with Gasteiger partial charge in [0.05, 0.1) is 7.11 Å². The molecule has 0 amide bonds. The van der Waals surface area contributed by atoms with Crippen molar-refractivity contribution in [2.75, 3.05) is 11.5 Å². The fraction of sp³-hybridized carbons (Fsp3) is 0.294. The number of fused-ring (bicyclic) bond motifs is 1. The van der Waals surface area contributed by atoms with Crippen molar-refractivity contribution in [3.8, 4) is 0 Å². The lowest BCUT2D eigenvalue weighted by Gasteiger charge is -2.26. The molecule has 0 aromatic heterocycles. The van der Waals surface area contributed by atoms with Gasteiger partial charge in [0.15, 0.2) is 0 Å². The van der Waals surface area contributed by atoms with Gasteiger partial charge in [0.25, 0.3) is 0 Å². The van der Waals surface area contributed by atoms with Crippen LogP contribution in [0.5, 0.6) is 0 Å². The Morgan fingerprint density at radius 3 is 2.68 bits per heavy atom. The molecule has 0 saturated carbocycles. The van der Waals surface area contributed by atoms with E-state index in [0.717, 1.165) is 23.8 Å². The number of benzene rings is 1. The van der Waals surface area contributed by atoms with Gasteiger partial charge in [-0.2, -0.15) is 0 Å². The number of hydrogen-bond acceptors (Lipinski definition) is 4. The molecule has 22 heavy (non-hydrogen) atoms. The number of hydrogen-bond donors (Lipinski definition) is 2. The molecule has 2 aliphatic heterocycles. The van der Waals surface area contributed by atoms with E-state index in [2.05, 4.69) is 53.7 Å². The van der Waals surface area contributed by atoms with Crippen molar-refractivity contribution in [2.45, 2.75) is 27.2 Å². The van der Waals surface area contributed by atoms with E-state index in [9.17, 15) is 4.79 Å². The van der Waals surface area contributed by atoms with Crippen molar-refractivity contribution >= 4 is 30.6 Å². The van der Waals surface area contributed by atoms with Crippen LogP contribution in [0.15, 0.2) is 41.9 Å². The standard InChI is InChI=1S/C14H17N2OP.C3H6O/c1-11-9-18(8-7-12(2)16-17-18)10-15-14-6-4-3-5-13(11)14;1-2-3-4/h3-7,9-10,15-16H,8H2,1-2H3;3H,2H2,1H3. The van der Waals surface area contributed by atoms with Gasteiger partial charge in [0.2, 0.25) is 0 Å². The number of nitrogens with one attached hydrogen (secondary N) is 2. The third-order valence-corrected chi connectivity index (χ3v) is 6.00. The Morgan fingerprint density at radius 2 is 2.05 bits per heavy atom. The Morgan fingerprint density at radius 1 is 1.32 bits per heavy atom. The third kappa shape index (κ3) is 3.90. The number of allylic oxidation sites excluding steroid dienone is 3. The first-order chi connectivity index (χ1) is 10.6. The molecule has 2 N–H and O–H groups in total. The fourth-order valence-electron chi connectivity index (χ4n) is 2.24. The van der Waals surface area contributed by atoms with E-state index in [1.165, 1.54) is 11.1 Å². The number of carbonyl (C=O) groups is 1. The molecule has 1 spiro atoms. The van der Waals surface area contributed by atoms with E-state index in [1.807, 2.05) is 19.9 Å². The summed E-state index contributed by atoms with van der Waals surface area (Å²) in [6.07, 6.45) is 4.67. The predicted octanol–water partition coefficient (Wildman–Crippen LogP) is 4.20. The van der Waals surface area contributed by atoms with Crippen molar-refractivity contribution in [3.05, 3.63) is 47.4 Å². The number of rotatable bonds is 1. The second-order valence-corrected chi connectivity index (χ2v) is 8.10. The minimum atomic E-state index is -1.69. The minimum Gasteiger partial charge on any atom is -0.359 e. The zero-order chi connectivity index (χ0) is 16.0. The van der Waals surface area contributed by atoms with Crippen molar-refractivity contribution < 1.29 is 9.42 Å². The molecule has 2 heterocycles. The molecule has 0 aliphatic carbocycles. The number of carbonyl (C=O) groups excluding carboxylic acids is 1. The van der Waals surface area contributed by atoms with Gasteiger partial charge < -0.3 is 10.1 Å². The van der Waals surface area contributed by atoms with Gasteiger partial charge in [-0.1, -0.05) is 31.2 Å². The number of para-hydroxylation sites is 1. The van der Waals surface area contributed by atoms with Crippen molar-refractivity contribution in [1.29, 1.82) is 0 Å². The number of hydroxylamine groups is 1. The zero-order valence-corrected chi connectivity index (χ0v) is 14.2. The molecule has 118 valence electrons. The Kier molecular flexibility index (Phi) is 5.64. The topological polar surface area (TPSA) is 50.4 Å². The van der Waals surface area contributed by atoms with Gasteiger partial charge in [-0.25, -0.2) is 0 Å². The molecule has 1 aromatic rings. The summed E-state index contributed by atoms with van der Waals surface area (Å²) >= 11 is 0. The predicted molar refractivity (Wildman–Crippen MR) is 95.9 cm³/mol. The molecule has 1 aromatic carbocycles. The SMILES string of the molecule is CC1=CCP2(=CNc3ccccc3C(C)=C2)ON1.CCC=O. The molecule has 1 unspecified atom stereocenters. The van der Waals surface area contributed by atoms with Crippen molar-refractivity contribution in [1.82, 2.24) is 5.48 Å². The maximum atomic E-state index is 9.17. The Bertz CT molecular complexity index is 662. The van der Waals surface area contributed by atoms with E-state index >= 15 is 0 Å². The minimum absolute atomic E-state index is 0.639. The van der Waals surface area contributed by atoms with Crippen molar-refractivity contribution in [3.63, 3.8) is 0 Å². The first-order valence-corrected chi connectivity index (χ1v) is 9.45. The van der Waals surface area contributed by atoms with Crippen LogP contribution in [0.4, 0.5) is 5.69 Å². The van der Waals surface area contributed by atoms with Gasteiger partial charge >= 0.3 is 0 Å². The fourth-order valence-corrected chi connectivity index (χ4v) is 4.73. The molecule has 5 heteroatoms. The van der Waals surface area contributed by atoms with E-state index in [4.69, 9.17) is 4.62 Å². The molecular formula is C17H23N2O2P. The summed E-state index contributed by atoms with van der Waals surface area (Å²) in [4.78, 5) is 9.17. The maximum absolute atomic E-state index is 9.17. The van der Waals surface area contributed by atoms with Gasteiger partial charge in [0.1, 0.15) is 6.29 Å². The number of anilines is 1. The first kappa shape index (κ1) is 16.6. The molecule has 0 saturated heterocycles. The Balaban J connectivity index is 0.000000396. The second-order valence-electron chi connectivity index (χ2n) is 5.32. The highest BCUT2D eigenvalue weighted by Gasteiger charge is 2.22. The quantitative estimate of drug-likeness (QED) is 0.602. The van der Waals surface area contributed by atoms with Gasteiger partial charge in [0, 0.05) is 35.5 Å². The Labute approximate surface area is 132 Å². The van der Waals surface area contributed by atoms with Crippen LogP contribution in [0, 0.1) is 0 Å². The van der Waals surface area contributed by atoms with Crippen LogP contribution in [0.3, 0.4) is 0 Å². The van der Waals surface area contributed by atoms with E-state index in [0.29, 0.717) is 6.42 Å². The highest BCUT2D eigenvalue weighted by Crippen LogP contribution is 2.54. The maximum Gasteiger partial charge on any atom is 0.119 e. The molecule has 4 nitrogen and oxygen atoms in total. The summed E-state index contributed by atoms with van der Waals surface area (Å²) in [6.45, 7) is 5.98. The van der Waals surface area contributed by atoms with Crippen LogP contribution in [-0.4, -0.2) is 18.4 Å². The van der Waals surface area contributed by atoms with E-state index < -0.39 is 7.11 Å². The van der Waals surface area contributed by atoms with Crippen LogP contribution >= 0.6 is 7.11 Å². The van der Waals surface area contributed by atoms with Gasteiger partial charge in [-0.05, 0) is 31.3 Å². The average Bonchev–Trinajstić information content (AvgIpc) is 2.69. The molecule has 0 bridgehead atoms. The molecule has 2 aliphatic rings. The third-order valence-electron chi connectivity index (χ3n) is 3.43. The largest absolute Gasteiger partial charge is 0.359 e. The highest BCUT2D eigenvalue weighted by molar-refractivity contribution is 7.73. The molecule has 1 atom stereocenters. The van der Waals surface area contributed by atoms with Crippen LogP contribution in [0.2, 0.25) is 0 Å². The molecule has 0 fully saturated rings. The monoisotopic (exact) mass is 318 g/mol. The smallest absolute Gasteiger partial charge is 0.119 e. The van der Waals surface area contributed by atoms with Crippen LogP contribution in [0.1, 0.15) is 32.8 Å². The lowest BCUT2D eigenvalue weighted by Crippen LogP contribution is -2.17. The van der Waals surface area contributed by atoms with Gasteiger partial charge in [-0.3, -0.25) is 10.1 Å². The second kappa shape index (κ2) is 7.48.